The summed E-state index contributed by atoms with van der Waals surface area (Å²) in [4.78, 5) is 15.1. The third-order valence-corrected chi connectivity index (χ3v) is 2.05. The Morgan fingerprint density at radius 2 is 1.75 bits per heavy atom. The summed E-state index contributed by atoms with van der Waals surface area (Å²) in [6.45, 7) is 0. The minimum Gasteiger partial charge on any atom is -0.495 e. The Bertz CT molecular complexity index is 357. The number of hydrogen-bond acceptors (Lipinski definition) is 6. The highest BCUT2D eigenvalue weighted by molar-refractivity contribution is 5.78. The van der Waals surface area contributed by atoms with Crippen LogP contribution >= 0.6 is 0 Å². The van der Waals surface area contributed by atoms with Crippen molar-refractivity contribution in [3.63, 3.8) is 0 Å². The number of aliphatic hydroxyl groups excluding tert-OH is 1. The van der Waals surface area contributed by atoms with Gasteiger partial charge in [-0.05, 0) is 0 Å². The largest absolute Gasteiger partial charge is 0.495 e. The van der Waals surface area contributed by atoms with E-state index in [0.29, 0.717) is 0 Å². The number of carbonyl (C=O) groups is 1. The van der Waals surface area contributed by atoms with E-state index in [1.165, 1.54) is 33.7 Å². The maximum absolute atomic E-state index is 11.2. The normalized spacial score (nSPS) is 11.8. The van der Waals surface area contributed by atoms with E-state index in [1.54, 1.807) is 0 Å². The van der Waals surface area contributed by atoms with Gasteiger partial charge in [-0.1, -0.05) is 0 Å². The van der Waals surface area contributed by atoms with E-state index in [0.717, 1.165) is 0 Å². The van der Waals surface area contributed by atoms with Gasteiger partial charge in [-0.25, -0.2) is 4.79 Å². The van der Waals surface area contributed by atoms with Crippen molar-refractivity contribution in [1.82, 2.24) is 4.98 Å². The Morgan fingerprint density at radius 1 is 1.25 bits per heavy atom. The maximum Gasteiger partial charge on any atom is 0.339 e. The Balaban J connectivity index is 3.22. The number of methoxy groups -OCH3 is 3. The first kappa shape index (κ1) is 12.3. The molecule has 0 saturated heterocycles. The van der Waals surface area contributed by atoms with Crippen LogP contribution in [0.1, 0.15) is 11.7 Å². The van der Waals surface area contributed by atoms with Gasteiger partial charge in [0.15, 0.2) is 6.10 Å². The molecule has 0 aromatic carbocycles. The zero-order valence-corrected chi connectivity index (χ0v) is 9.26. The van der Waals surface area contributed by atoms with Crippen molar-refractivity contribution >= 4 is 5.97 Å². The lowest BCUT2D eigenvalue weighted by molar-refractivity contribution is -0.150. The molecule has 1 N–H and O–H groups in total. The van der Waals surface area contributed by atoms with E-state index < -0.39 is 12.1 Å². The Labute approximate surface area is 92.8 Å². The van der Waals surface area contributed by atoms with E-state index in [-0.39, 0.29) is 17.1 Å². The van der Waals surface area contributed by atoms with Crippen LogP contribution in [0.3, 0.4) is 0 Å². The van der Waals surface area contributed by atoms with E-state index in [9.17, 15) is 9.90 Å². The number of hydrogen-bond donors (Lipinski definition) is 1. The highest BCUT2D eigenvalue weighted by Crippen LogP contribution is 2.33. The molecule has 0 radical (unpaired) electrons. The standard InChI is InChI=1S/C10H13NO5/c1-14-6-4-11-5-7(15-2)8(6)9(12)10(13)16-3/h4-5,9,12H,1-3H3. The van der Waals surface area contributed by atoms with Crippen molar-refractivity contribution in [2.75, 3.05) is 21.3 Å². The van der Waals surface area contributed by atoms with Gasteiger partial charge in [-0.15, -0.1) is 0 Å². The van der Waals surface area contributed by atoms with Gasteiger partial charge in [0.25, 0.3) is 0 Å². The summed E-state index contributed by atoms with van der Waals surface area (Å²) in [5, 5.41) is 9.75. The Morgan fingerprint density at radius 3 is 2.12 bits per heavy atom. The van der Waals surface area contributed by atoms with Crippen molar-refractivity contribution in [2.45, 2.75) is 6.10 Å². The molecule has 1 aromatic rings. The summed E-state index contributed by atoms with van der Waals surface area (Å²) in [5.74, 6) is -0.266. The van der Waals surface area contributed by atoms with E-state index in [1.807, 2.05) is 0 Å². The second-order valence-electron chi connectivity index (χ2n) is 2.88. The number of pyridine rings is 1. The summed E-state index contributed by atoms with van der Waals surface area (Å²) >= 11 is 0. The van der Waals surface area contributed by atoms with Crippen LogP contribution in [0.4, 0.5) is 0 Å². The molecule has 16 heavy (non-hydrogen) atoms. The predicted molar refractivity (Wildman–Crippen MR) is 54.3 cm³/mol. The molecule has 88 valence electrons. The van der Waals surface area contributed by atoms with Crippen molar-refractivity contribution in [3.05, 3.63) is 18.0 Å². The van der Waals surface area contributed by atoms with Gasteiger partial charge >= 0.3 is 5.97 Å². The summed E-state index contributed by atoms with van der Waals surface area (Å²) in [6.07, 6.45) is 1.30. The highest BCUT2D eigenvalue weighted by atomic mass is 16.5. The monoisotopic (exact) mass is 227 g/mol. The van der Waals surface area contributed by atoms with Gasteiger partial charge in [0.05, 0.1) is 39.3 Å². The van der Waals surface area contributed by atoms with Crippen LogP contribution in [0.25, 0.3) is 0 Å². The minimum atomic E-state index is -1.46. The summed E-state index contributed by atoms with van der Waals surface area (Å²) in [7, 11) is 4.00. The quantitative estimate of drug-likeness (QED) is 0.745. The predicted octanol–water partition coefficient (Wildman–Crippen LogP) is 0.305. The van der Waals surface area contributed by atoms with Crippen LogP contribution in [0.15, 0.2) is 12.4 Å². The number of aromatic nitrogens is 1. The Hall–Kier alpha value is -1.82. The van der Waals surface area contributed by atoms with E-state index in [4.69, 9.17) is 9.47 Å². The van der Waals surface area contributed by atoms with Gasteiger partial charge in [-0.2, -0.15) is 0 Å². The first-order valence-electron chi connectivity index (χ1n) is 4.47. The molecule has 6 heteroatoms. The van der Waals surface area contributed by atoms with Crippen LogP contribution in [0.5, 0.6) is 11.5 Å². The average molecular weight is 227 g/mol. The van der Waals surface area contributed by atoms with Gasteiger partial charge in [0.2, 0.25) is 0 Å². The third kappa shape index (κ3) is 2.22. The lowest BCUT2D eigenvalue weighted by Gasteiger charge is -2.15. The molecule has 1 atom stereocenters. The topological polar surface area (TPSA) is 77.9 Å². The zero-order chi connectivity index (χ0) is 12.1. The van der Waals surface area contributed by atoms with Crippen LogP contribution < -0.4 is 9.47 Å². The molecule has 0 spiro atoms. The molecule has 0 aliphatic carbocycles. The molecule has 0 saturated carbocycles. The fraction of sp³-hybridized carbons (Fsp3) is 0.400. The third-order valence-electron chi connectivity index (χ3n) is 2.05. The molecule has 0 aliphatic heterocycles. The molecule has 6 nitrogen and oxygen atoms in total. The first-order chi connectivity index (χ1) is 7.65. The summed E-state index contributed by atoms with van der Waals surface area (Å²) in [5.41, 5.74) is 0.201. The smallest absolute Gasteiger partial charge is 0.339 e. The zero-order valence-electron chi connectivity index (χ0n) is 9.26. The molecule has 0 fully saturated rings. The number of ether oxygens (including phenoxy) is 3. The van der Waals surface area contributed by atoms with Crippen molar-refractivity contribution in [1.29, 1.82) is 0 Å². The molecule has 0 bridgehead atoms. The lowest BCUT2D eigenvalue weighted by Crippen LogP contribution is -2.15. The molecule has 1 heterocycles. The van der Waals surface area contributed by atoms with Gasteiger partial charge in [-0.3, -0.25) is 4.98 Å². The average Bonchev–Trinajstić information content (AvgIpc) is 2.35. The molecule has 1 aromatic heterocycles. The number of esters is 1. The number of aliphatic hydroxyl groups is 1. The van der Waals surface area contributed by atoms with E-state index >= 15 is 0 Å². The molecule has 1 rings (SSSR count). The maximum atomic E-state index is 11.2. The number of rotatable bonds is 4. The van der Waals surface area contributed by atoms with Crippen molar-refractivity contribution in [2.24, 2.45) is 0 Å². The highest BCUT2D eigenvalue weighted by Gasteiger charge is 2.26. The first-order valence-corrected chi connectivity index (χ1v) is 4.47. The molecular weight excluding hydrogens is 214 g/mol. The molecular formula is C10H13NO5. The Kier molecular flexibility index (Phi) is 4.07. The van der Waals surface area contributed by atoms with Crippen LogP contribution in [0, 0.1) is 0 Å². The van der Waals surface area contributed by atoms with Crippen molar-refractivity contribution in [3.8, 4) is 11.5 Å². The van der Waals surface area contributed by atoms with E-state index in [2.05, 4.69) is 9.72 Å². The van der Waals surface area contributed by atoms with Gasteiger partial charge in [0, 0.05) is 0 Å². The minimum absolute atomic E-state index is 0.201. The van der Waals surface area contributed by atoms with Crippen LogP contribution in [-0.2, 0) is 9.53 Å². The van der Waals surface area contributed by atoms with Gasteiger partial charge in [0.1, 0.15) is 11.5 Å². The number of nitrogens with zero attached hydrogens (tertiary/aromatic N) is 1. The second kappa shape index (κ2) is 5.32. The fourth-order valence-electron chi connectivity index (χ4n) is 1.26. The summed E-state index contributed by atoms with van der Waals surface area (Å²) in [6, 6.07) is 0. The SMILES string of the molecule is COC(=O)C(O)c1c(OC)cncc1OC. The van der Waals surface area contributed by atoms with Crippen molar-refractivity contribution < 1.29 is 24.1 Å². The lowest BCUT2D eigenvalue weighted by atomic mass is 10.1. The van der Waals surface area contributed by atoms with Crippen LogP contribution in [-0.4, -0.2) is 37.4 Å². The van der Waals surface area contributed by atoms with Crippen LogP contribution in [0.2, 0.25) is 0 Å². The second-order valence-corrected chi connectivity index (χ2v) is 2.88. The van der Waals surface area contributed by atoms with Gasteiger partial charge < -0.3 is 19.3 Å². The molecule has 1 unspecified atom stereocenters. The summed E-state index contributed by atoms with van der Waals surface area (Å²) < 4.78 is 14.4. The number of carbonyl (C=O) groups excluding carboxylic acids is 1. The fourth-order valence-corrected chi connectivity index (χ4v) is 1.26. The molecule has 0 amide bonds. The molecule has 0 aliphatic rings.